The van der Waals surface area contributed by atoms with E-state index in [1.54, 1.807) is 26.5 Å². The van der Waals surface area contributed by atoms with Gasteiger partial charge < -0.3 is 14.8 Å². The Kier molecular flexibility index (Phi) is 5.20. The van der Waals surface area contributed by atoms with Crippen molar-refractivity contribution in [2.24, 2.45) is 0 Å². The first kappa shape index (κ1) is 15.8. The SMILES string of the molecule is COc1ccnc(CNC(C)c2cc(C)sc2C)c1OC. The van der Waals surface area contributed by atoms with E-state index in [0.29, 0.717) is 18.0 Å². The largest absolute Gasteiger partial charge is 0.493 e. The zero-order valence-electron chi connectivity index (χ0n) is 13.2. The Hall–Kier alpha value is -1.59. The molecule has 2 aromatic rings. The fourth-order valence-corrected chi connectivity index (χ4v) is 3.44. The van der Waals surface area contributed by atoms with Crippen LogP contribution in [0.15, 0.2) is 18.3 Å². The molecule has 1 atom stereocenters. The number of nitrogens with one attached hydrogen (secondary N) is 1. The monoisotopic (exact) mass is 306 g/mol. The number of thiophene rings is 1. The minimum Gasteiger partial charge on any atom is -0.493 e. The molecule has 0 bridgehead atoms. The van der Waals surface area contributed by atoms with Crippen LogP contribution in [0.4, 0.5) is 0 Å². The van der Waals surface area contributed by atoms with Gasteiger partial charge in [0, 0.05) is 34.6 Å². The van der Waals surface area contributed by atoms with Gasteiger partial charge in [0.1, 0.15) is 0 Å². The Morgan fingerprint density at radius 2 is 2.05 bits per heavy atom. The van der Waals surface area contributed by atoms with Crippen LogP contribution in [0.25, 0.3) is 0 Å². The number of pyridine rings is 1. The molecule has 2 heterocycles. The molecule has 4 nitrogen and oxygen atoms in total. The summed E-state index contributed by atoms with van der Waals surface area (Å²) in [6.45, 7) is 7.10. The van der Waals surface area contributed by atoms with Crippen LogP contribution in [0.2, 0.25) is 0 Å². The van der Waals surface area contributed by atoms with Crippen molar-refractivity contribution in [1.82, 2.24) is 10.3 Å². The number of aromatic nitrogens is 1. The lowest BCUT2D eigenvalue weighted by molar-refractivity contribution is 0.347. The number of aryl methyl sites for hydroxylation is 2. The van der Waals surface area contributed by atoms with Crippen molar-refractivity contribution in [3.05, 3.63) is 39.3 Å². The summed E-state index contributed by atoms with van der Waals surface area (Å²) in [7, 11) is 3.27. The summed E-state index contributed by atoms with van der Waals surface area (Å²) in [5, 5.41) is 3.50. The topological polar surface area (TPSA) is 43.4 Å². The minimum absolute atomic E-state index is 0.271. The van der Waals surface area contributed by atoms with Crippen LogP contribution in [-0.2, 0) is 6.54 Å². The highest BCUT2D eigenvalue weighted by atomic mass is 32.1. The van der Waals surface area contributed by atoms with Crippen LogP contribution >= 0.6 is 11.3 Å². The molecule has 21 heavy (non-hydrogen) atoms. The van der Waals surface area contributed by atoms with Crippen molar-refractivity contribution < 1.29 is 9.47 Å². The quantitative estimate of drug-likeness (QED) is 0.885. The molecule has 0 radical (unpaired) electrons. The Morgan fingerprint density at radius 1 is 1.29 bits per heavy atom. The van der Waals surface area contributed by atoms with E-state index in [0.717, 1.165) is 5.69 Å². The Labute approximate surface area is 130 Å². The first-order valence-electron chi connectivity index (χ1n) is 6.93. The number of rotatable bonds is 6. The second kappa shape index (κ2) is 6.91. The van der Waals surface area contributed by atoms with Gasteiger partial charge in [-0.3, -0.25) is 4.98 Å². The second-order valence-corrected chi connectivity index (χ2v) is 6.42. The third-order valence-electron chi connectivity index (χ3n) is 3.49. The van der Waals surface area contributed by atoms with Gasteiger partial charge >= 0.3 is 0 Å². The highest BCUT2D eigenvalue weighted by Crippen LogP contribution is 2.30. The van der Waals surface area contributed by atoms with Gasteiger partial charge in [0.15, 0.2) is 11.5 Å². The Bertz CT molecular complexity index is 610. The number of hydrogen-bond donors (Lipinski definition) is 1. The number of ether oxygens (including phenoxy) is 2. The van der Waals surface area contributed by atoms with Crippen LogP contribution in [0.5, 0.6) is 11.5 Å². The van der Waals surface area contributed by atoms with E-state index in [-0.39, 0.29) is 6.04 Å². The summed E-state index contributed by atoms with van der Waals surface area (Å²) in [4.78, 5) is 7.09. The maximum atomic E-state index is 5.41. The van der Waals surface area contributed by atoms with Gasteiger partial charge in [-0.15, -0.1) is 11.3 Å². The average Bonchev–Trinajstić information content (AvgIpc) is 2.82. The van der Waals surface area contributed by atoms with Gasteiger partial charge in [0.2, 0.25) is 0 Å². The third kappa shape index (κ3) is 3.54. The molecule has 2 rings (SSSR count). The van der Waals surface area contributed by atoms with Crippen molar-refractivity contribution >= 4 is 11.3 Å². The van der Waals surface area contributed by atoms with E-state index >= 15 is 0 Å². The lowest BCUT2D eigenvalue weighted by Gasteiger charge is -2.16. The van der Waals surface area contributed by atoms with Crippen LogP contribution < -0.4 is 14.8 Å². The van der Waals surface area contributed by atoms with E-state index in [1.807, 2.05) is 11.3 Å². The van der Waals surface area contributed by atoms with Gasteiger partial charge in [0.25, 0.3) is 0 Å². The van der Waals surface area contributed by atoms with E-state index in [2.05, 4.69) is 37.1 Å². The molecule has 0 aliphatic heterocycles. The molecule has 0 saturated carbocycles. The minimum atomic E-state index is 0.271. The van der Waals surface area contributed by atoms with Crippen molar-refractivity contribution in [2.45, 2.75) is 33.4 Å². The molecule has 5 heteroatoms. The summed E-state index contributed by atoms with van der Waals surface area (Å²) in [6.07, 6.45) is 1.74. The maximum absolute atomic E-state index is 5.41. The molecule has 0 aliphatic rings. The highest BCUT2D eigenvalue weighted by Gasteiger charge is 2.14. The lowest BCUT2D eigenvalue weighted by atomic mass is 10.1. The van der Waals surface area contributed by atoms with Crippen molar-refractivity contribution in [1.29, 1.82) is 0 Å². The van der Waals surface area contributed by atoms with Gasteiger partial charge in [-0.1, -0.05) is 0 Å². The fraction of sp³-hybridized carbons (Fsp3) is 0.438. The van der Waals surface area contributed by atoms with E-state index in [4.69, 9.17) is 9.47 Å². The summed E-state index contributed by atoms with van der Waals surface area (Å²) < 4.78 is 10.7. The molecule has 0 saturated heterocycles. The van der Waals surface area contributed by atoms with Gasteiger partial charge in [0.05, 0.1) is 19.9 Å². The van der Waals surface area contributed by atoms with E-state index in [9.17, 15) is 0 Å². The molecule has 0 spiro atoms. The molecule has 0 aromatic carbocycles. The molecular weight excluding hydrogens is 284 g/mol. The normalized spacial score (nSPS) is 12.2. The van der Waals surface area contributed by atoms with E-state index < -0.39 is 0 Å². The Balaban J connectivity index is 2.11. The van der Waals surface area contributed by atoms with Crippen molar-refractivity contribution in [3.63, 3.8) is 0 Å². The molecule has 2 aromatic heterocycles. The zero-order valence-corrected chi connectivity index (χ0v) is 14.0. The number of hydrogen-bond acceptors (Lipinski definition) is 5. The highest BCUT2D eigenvalue weighted by molar-refractivity contribution is 7.12. The van der Waals surface area contributed by atoms with Gasteiger partial charge in [-0.05, 0) is 32.4 Å². The molecule has 0 fully saturated rings. The summed E-state index contributed by atoms with van der Waals surface area (Å²) >= 11 is 1.83. The van der Waals surface area contributed by atoms with Crippen LogP contribution in [0.1, 0.15) is 34.0 Å². The molecule has 1 N–H and O–H groups in total. The smallest absolute Gasteiger partial charge is 0.183 e. The van der Waals surface area contributed by atoms with Crippen LogP contribution in [0, 0.1) is 13.8 Å². The summed E-state index contributed by atoms with van der Waals surface area (Å²) in [5.74, 6) is 1.40. The summed E-state index contributed by atoms with van der Waals surface area (Å²) in [5.41, 5.74) is 2.20. The third-order valence-corrected chi connectivity index (χ3v) is 4.47. The summed E-state index contributed by atoms with van der Waals surface area (Å²) in [6, 6.07) is 4.32. The van der Waals surface area contributed by atoms with Gasteiger partial charge in [-0.2, -0.15) is 0 Å². The van der Waals surface area contributed by atoms with Crippen LogP contribution in [-0.4, -0.2) is 19.2 Å². The number of methoxy groups -OCH3 is 2. The molecular formula is C16H22N2O2S. The first-order valence-corrected chi connectivity index (χ1v) is 7.74. The van der Waals surface area contributed by atoms with Crippen molar-refractivity contribution in [2.75, 3.05) is 14.2 Å². The van der Waals surface area contributed by atoms with Crippen LogP contribution in [0.3, 0.4) is 0 Å². The lowest BCUT2D eigenvalue weighted by Crippen LogP contribution is -2.19. The molecule has 1 unspecified atom stereocenters. The van der Waals surface area contributed by atoms with Crippen molar-refractivity contribution in [3.8, 4) is 11.5 Å². The molecule has 0 amide bonds. The predicted octanol–water partition coefficient (Wildman–Crippen LogP) is 3.63. The standard InChI is InChI=1S/C16H22N2O2S/c1-10-8-13(12(3)21-10)11(2)18-9-14-16(20-5)15(19-4)6-7-17-14/h6-8,11,18H,9H2,1-5H3. The second-order valence-electron chi connectivity index (χ2n) is 4.96. The predicted molar refractivity (Wildman–Crippen MR) is 86.4 cm³/mol. The van der Waals surface area contributed by atoms with Gasteiger partial charge in [-0.25, -0.2) is 0 Å². The van der Waals surface area contributed by atoms with E-state index in [1.165, 1.54) is 15.3 Å². The zero-order chi connectivity index (χ0) is 15.4. The fourth-order valence-electron chi connectivity index (χ4n) is 2.42. The molecule has 114 valence electrons. The molecule has 0 aliphatic carbocycles. The Morgan fingerprint density at radius 3 is 2.62 bits per heavy atom. The maximum Gasteiger partial charge on any atom is 0.183 e. The number of nitrogens with zero attached hydrogens (tertiary/aromatic N) is 1. The first-order chi connectivity index (χ1) is 10.1. The average molecular weight is 306 g/mol.